The van der Waals surface area contributed by atoms with Crippen LogP contribution in [0.5, 0.6) is 0 Å². The number of fused-ring (bicyclic) bond motifs is 2. The molecule has 0 aromatic carbocycles. The lowest BCUT2D eigenvalue weighted by molar-refractivity contribution is -0.119. The van der Waals surface area contributed by atoms with E-state index in [1.165, 1.54) is 12.8 Å². The van der Waals surface area contributed by atoms with Gasteiger partial charge in [-0.3, -0.25) is 4.79 Å². The Morgan fingerprint density at radius 3 is 2.32 bits per heavy atom. The number of rotatable bonds is 6. The Morgan fingerprint density at radius 1 is 1.21 bits per heavy atom. The molecule has 0 spiro atoms. The number of piperidine rings is 1. The lowest BCUT2D eigenvalue weighted by Gasteiger charge is -2.28. The minimum absolute atomic E-state index is 0.0152. The number of hydrogen-bond donors (Lipinski definition) is 1. The van der Waals surface area contributed by atoms with Gasteiger partial charge in [0, 0.05) is 24.9 Å². The van der Waals surface area contributed by atoms with Crippen LogP contribution in [-0.4, -0.2) is 37.3 Å². The van der Waals surface area contributed by atoms with E-state index >= 15 is 0 Å². The second kappa shape index (κ2) is 5.92. The van der Waals surface area contributed by atoms with Crippen molar-refractivity contribution in [3.05, 3.63) is 0 Å². The van der Waals surface area contributed by atoms with Gasteiger partial charge in [0.1, 0.15) is 5.78 Å². The number of ketones is 1. The topological polar surface area (TPSA) is 63.2 Å². The molecule has 0 aliphatic carbocycles. The number of nitrogens with one attached hydrogen (secondary N) is 1. The number of sulfone groups is 1. The average Bonchev–Trinajstić information content (AvgIpc) is 2.66. The monoisotopic (exact) mass is 287 g/mol. The van der Waals surface area contributed by atoms with Crippen molar-refractivity contribution in [2.24, 2.45) is 5.92 Å². The predicted octanol–water partition coefficient (Wildman–Crippen LogP) is 1.69. The van der Waals surface area contributed by atoms with Gasteiger partial charge < -0.3 is 5.32 Å². The van der Waals surface area contributed by atoms with Gasteiger partial charge >= 0.3 is 0 Å². The van der Waals surface area contributed by atoms with Gasteiger partial charge in [0.2, 0.25) is 0 Å². The first-order chi connectivity index (χ1) is 8.87. The van der Waals surface area contributed by atoms with Crippen LogP contribution < -0.4 is 5.32 Å². The molecule has 2 fully saturated rings. The molecule has 0 amide bonds. The van der Waals surface area contributed by atoms with E-state index in [0.717, 1.165) is 12.8 Å². The molecule has 110 valence electrons. The van der Waals surface area contributed by atoms with Gasteiger partial charge in [0.05, 0.1) is 11.0 Å². The van der Waals surface area contributed by atoms with Crippen LogP contribution in [-0.2, 0) is 14.6 Å². The van der Waals surface area contributed by atoms with E-state index in [9.17, 15) is 13.2 Å². The van der Waals surface area contributed by atoms with Crippen molar-refractivity contribution in [2.75, 3.05) is 5.75 Å². The third kappa shape index (κ3) is 4.02. The number of hydrogen-bond acceptors (Lipinski definition) is 4. The van der Waals surface area contributed by atoms with Crippen LogP contribution in [0.15, 0.2) is 0 Å². The highest BCUT2D eigenvalue weighted by Crippen LogP contribution is 2.32. The van der Waals surface area contributed by atoms with E-state index in [4.69, 9.17) is 0 Å². The van der Waals surface area contributed by atoms with Crippen LogP contribution in [0.3, 0.4) is 0 Å². The first-order valence-electron chi connectivity index (χ1n) is 7.36. The molecule has 0 radical (unpaired) electrons. The van der Waals surface area contributed by atoms with Crippen molar-refractivity contribution in [2.45, 2.75) is 69.7 Å². The third-order valence-electron chi connectivity index (χ3n) is 4.47. The summed E-state index contributed by atoms with van der Waals surface area (Å²) >= 11 is 0. The minimum Gasteiger partial charge on any atom is -0.311 e. The molecule has 5 heteroatoms. The van der Waals surface area contributed by atoms with Gasteiger partial charge in [-0.05, 0) is 45.4 Å². The standard InChI is InChI=1S/C14H25NO3S/c1-10(2)19(17,18)6-5-14(16)9-11-7-12-3-4-13(8-11)15-12/h10-13,15H,3-9H2,1-2H3. The highest BCUT2D eigenvalue weighted by atomic mass is 32.2. The summed E-state index contributed by atoms with van der Waals surface area (Å²) in [4.78, 5) is 11.9. The van der Waals surface area contributed by atoms with Crippen LogP contribution in [0.4, 0.5) is 0 Å². The molecule has 4 nitrogen and oxygen atoms in total. The Morgan fingerprint density at radius 2 is 1.79 bits per heavy atom. The van der Waals surface area contributed by atoms with Crippen molar-refractivity contribution < 1.29 is 13.2 Å². The van der Waals surface area contributed by atoms with E-state index in [0.29, 0.717) is 24.4 Å². The maximum absolute atomic E-state index is 11.9. The summed E-state index contributed by atoms with van der Waals surface area (Å²) in [5, 5.41) is 3.18. The predicted molar refractivity (Wildman–Crippen MR) is 75.8 cm³/mol. The third-order valence-corrected chi connectivity index (χ3v) is 6.68. The quantitative estimate of drug-likeness (QED) is 0.807. The molecule has 0 saturated carbocycles. The fourth-order valence-corrected chi connectivity index (χ4v) is 4.24. The van der Waals surface area contributed by atoms with Crippen LogP contribution >= 0.6 is 0 Å². The zero-order valence-corrected chi connectivity index (χ0v) is 12.7. The highest BCUT2D eigenvalue weighted by Gasteiger charge is 2.34. The Labute approximate surface area is 116 Å². The van der Waals surface area contributed by atoms with E-state index in [2.05, 4.69) is 5.32 Å². The molecule has 1 N–H and O–H groups in total. The lowest BCUT2D eigenvalue weighted by atomic mass is 9.88. The van der Waals surface area contributed by atoms with Crippen LogP contribution in [0.2, 0.25) is 0 Å². The van der Waals surface area contributed by atoms with Crippen molar-refractivity contribution in [3.63, 3.8) is 0 Å². The van der Waals surface area contributed by atoms with Gasteiger partial charge in [-0.15, -0.1) is 0 Å². The number of carbonyl (C=O) groups is 1. The fraction of sp³-hybridized carbons (Fsp3) is 0.929. The summed E-state index contributed by atoms with van der Waals surface area (Å²) in [5.41, 5.74) is 0. The maximum Gasteiger partial charge on any atom is 0.153 e. The van der Waals surface area contributed by atoms with Gasteiger partial charge in [-0.1, -0.05) is 0 Å². The Kier molecular flexibility index (Phi) is 4.66. The summed E-state index contributed by atoms with van der Waals surface area (Å²) in [7, 11) is -3.08. The largest absolute Gasteiger partial charge is 0.311 e. The molecule has 19 heavy (non-hydrogen) atoms. The van der Waals surface area contributed by atoms with Crippen molar-refractivity contribution in [1.29, 1.82) is 0 Å². The molecule has 2 unspecified atom stereocenters. The molecule has 0 aromatic heterocycles. The molecular formula is C14H25NO3S. The average molecular weight is 287 g/mol. The van der Waals surface area contributed by atoms with Crippen molar-refractivity contribution in [1.82, 2.24) is 5.32 Å². The summed E-state index contributed by atoms with van der Waals surface area (Å²) in [5.74, 6) is 0.602. The minimum atomic E-state index is -3.08. The van der Waals surface area contributed by atoms with Gasteiger partial charge in [0.25, 0.3) is 0 Å². The van der Waals surface area contributed by atoms with E-state index < -0.39 is 9.84 Å². The summed E-state index contributed by atoms with van der Waals surface area (Å²) in [6.07, 6.45) is 5.40. The number of carbonyl (C=O) groups excluding carboxylic acids is 1. The second-order valence-corrected chi connectivity index (χ2v) is 9.06. The Balaban J connectivity index is 1.76. The smallest absolute Gasteiger partial charge is 0.153 e. The van der Waals surface area contributed by atoms with Crippen LogP contribution in [0.25, 0.3) is 0 Å². The van der Waals surface area contributed by atoms with E-state index in [-0.39, 0.29) is 23.2 Å². The van der Waals surface area contributed by atoms with E-state index in [1.54, 1.807) is 13.8 Å². The maximum atomic E-state index is 11.9. The van der Waals surface area contributed by atoms with E-state index in [1.807, 2.05) is 0 Å². The second-order valence-electron chi connectivity index (χ2n) is 6.38. The molecule has 2 bridgehead atoms. The number of Topliss-reactive ketones (excluding diaryl/α,β-unsaturated/α-hetero) is 1. The zero-order valence-electron chi connectivity index (χ0n) is 11.9. The molecule has 2 heterocycles. The molecule has 2 rings (SSSR count). The first kappa shape index (κ1) is 15.0. The van der Waals surface area contributed by atoms with Crippen molar-refractivity contribution in [3.8, 4) is 0 Å². The molecular weight excluding hydrogens is 262 g/mol. The molecule has 0 aromatic rings. The molecule has 2 saturated heterocycles. The molecule has 2 aliphatic rings. The van der Waals surface area contributed by atoms with Crippen LogP contribution in [0, 0.1) is 5.92 Å². The summed E-state index contributed by atoms with van der Waals surface area (Å²) in [6.45, 7) is 3.34. The molecule has 2 aliphatic heterocycles. The summed E-state index contributed by atoms with van der Waals surface area (Å²) in [6, 6.07) is 1.19. The highest BCUT2D eigenvalue weighted by molar-refractivity contribution is 7.91. The van der Waals surface area contributed by atoms with Gasteiger partial charge in [-0.2, -0.15) is 0 Å². The zero-order chi connectivity index (χ0) is 14.0. The molecule has 2 atom stereocenters. The summed E-state index contributed by atoms with van der Waals surface area (Å²) < 4.78 is 23.4. The lowest BCUT2D eigenvalue weighted by Crippen LogP contribution is -2.38. The van der Waals surface area contributed by atoms with Crippen LogP contribution in [0.1, 0.15) is 52.4 Å². The Hall–Kier alpha value is -0.420. The van der Waals surface area contributed by atoms with Gasteiger partial charge in [0.15, 0.2) is 9.84 Å². The van der Waals surface area contributed by atoms with Gasteiger partial charge in [-0.25, -0.2) is 8.42 Å². The SMILES string of the molecule is CC(C)S(=O)(=O)CCC(=O)CC1CC2CCC(C1)N2. The van der Waals surface area contributed by atoms with Crippen molar-refractivity contribution >= 4 is 15.6 Å². The normalized spacial score (nSPS) is 30.8. The fourth-order valence-electron chi connectivity index (χ4n) is 3.26. The Bertz CT molecular complexity index is 418. The first-order valence-corrected chi connectivity index (χ1v) is 9.07.